The summed E-state index contributed by atoms with van der Waals surface area (Å²) in [6, 6.07) is 6.66. The Kier molecular flexibility index (Phi) is 8.32. The summed E-state index contributed by atoms with van der Waals surface area (Å²) in [5, 5.41) is 5.36. The molecule has 3 amide bonds. The van der Waals surface area contributed by atoms with Crippen molar-refractivity contribution in [3.8, 4) is 5.88 Å². The third-order valence-corrected chi connectivity index (χ3v) is 7.30. The standard InChI is InChI=1S/C26H27Cl2F3N4O4/c1-25(2,39-22-20(28)9-16(27)12-32-22)24(38)34-17-10-18-7-8-19(11-17)35(18)23(37)15-5-3-14(4-6-15)21(36)33-13-26(29,30)31/h3-6,9,12,17-19H,7-8,10-11,13H2,1-2H3,(H,33,36)(H,34,38)/t17-,18+,19-. The Bertz CT molecular complexity index is 1240. The van der Waals surface area contributed by atoms with Crippen LogP contribution in [0.15, 0.2) is 36.5 Å². The first kappa shape index (κ1) is 28.9. The third kappa shape index (κ3) is 6.94. The van der Waals surface area contributed by atoms with Crippen molar-refractivity contribution in [2.45, 2.75) is 69.4 Å². The summed E-state index contributed by atoms with van der Waals surface area (Å²) >= 11 is 12.0. The Hall–Kier alpha value is -3.05. The Morgan fingerprint density at radius 3 is 2.21 bits per heavy atom. The highest BCUT2D eigenvalue weighted by Gasteiger charge is 2.45. The molecule has 3 atom stereocenters. The molecule has 8 nitrogen and oxygen atoms in total. The van der Waals surface area contributed by atoms with Gasteiger partial charge in [0, 0.05) is 35.4 Å². The zero-order valence-corrected chi connectivity index (χ0v) is 22.7. The molecule has 2 aromatic rings. The molecule has 0 unspecified atom stereocenters. The number of halogens is 5. The minimum atomic E-state index is -4.51. The van der Waals surface area contributed by atoms with Gasteiger partial charge in [0.05, 0.1) is 5.02 Å². The van der Waals surface area contributed by atoms with E-state index in [4.69, 9.17) is 27.9 Å². The number of amides is 3. The second-order valence-corrected chi connectivity index (χ2v) is 11.0. The molecule has 210 valence electrons. The predicted molar refractivity (Wildman–Crippen MR) is 138 cm³/mol. The van der Waals surface area contributed by atoms with Crippen LogP contribution in [0.3, 0.4) is 0 Å². The van der Waals surface area contributed by atoms with E-state index >= 15 is 0 Å². The lowest BCUT2D eigenvalue weighted by atomic mass is 9.95. The van der Waals surface area contributed by atoms with Gasteiger partial charge in [-0.05, 0) is 69.9 Å². The van der Waals surface area contributed by atoms with E-state index in [0.717, 1.165) is 12.8 Å². The smallest absolute Gasteiger partial charge is 0.405 e. The Labute approximate surface area is 233 Å². The largest absolute Gasteiger partial charge is 0.460 e. The predicted octanol–water partition coefficient (Wildman–Crippen LogP) is 4.79. The molecule has 2 aliphatic rings. The van der Waals surface area contributed by atoms with Crippen molar-refractivity contribution in [1.29, 1.82) is 0 Å². The Morgan fingerprint density at radius 1 is 1.05 bits per heavy atom. The summed E-state index contributed by atoms with van der Waals surface area (Å²) in [5.74, 6) is -1.35. The zero-order chi connectivity index (χ0) is 28.5. The van der Waals surface area contributed by atoms with E-state index in [1.165, 1.54) is 36.5 Å². The van der Waals surface area contributed by atoms with Gasteiger partial charge in [0.15, 0.2) is 5.60 Å². The molecule has 2 aliphatic heterocycles. The number of alkyl halides is 3. The molecule has 0 radical (unpaired) electrons. The van der Waals surface area contributed by atoms with Crippen molar-refractivity contribution >= 4 is 40.9 Å². The quantitative estimate of drug-likeness (QED) is 0.486. The van der Waals surface area contributed by atoms with Crippen LogP contribution >= 0.6 is 23.2 Å². The van der Waals surface area contributed by atoms with Crippen LogP contribution in [0.4, 0.5) is 13.2 Å². The number of ether oxygens (including phenoxy) is 1. The molecule has 1 aromatic heterocycles. The monoisotopic (exact) mass is 586 g/mol. The average Bonchev–Trinajstić information content (AvgIpc) is 3.13. The number of nitrogens with zero attached hydrogens (tertiary/aromatic N) is 2. The van der Waals surface area contributed by atoms with Crippen LogP contribution in [0.5, 0.6) is 5.88 Å². The van der Waals surface area contributed by atoms with Gasteiger partial charge in [-0.1, -0.05) is 23.2 Å². The second-order valence-electron chi connectivity index (χ2n) is 10.2. The molecule has 0 saturated carbocycles. The lowest BCUT2D eigenvalue weighted by Crippen LogP contribution is -2.56. The summed E-state index contributed by atoms with van der Waals surface area (Å²) in [7, 11) is 0. The van der Waals surface area contributed by atoms with E-state index in [0.29, 0.717) is 23.4 Å². The number of hydrogen-bond acceptors (Lipinski definition) is 5. The van der Waals surface area contributed by atoms with E-state index in [1.54, 1.807) is 24.1 Å². The first-order valence-electron chi connectivity index (χ1n) is 12.3. The van der Waals surface area contributed by atoms with Gasteiger partial charge >= 0.3 is 6.18 Å². The zero-order valence-electron chi connectivity index (χ0n) is 21.1. The SMILES string of the molecule is CC(C)(Oc1ncc(Cl)cc1Cl)C(=O)N[C@H]1C[C@H]2CC[C@@H](C1)N2C(=O)c1ccc(C(=O)NCC(F)(F)F)cc1. The van der Waals surface area contributed by atoms with Gasteiger partial charge in [-0.2, -0.15) is 13.2 Å². The molecule has 1 aromatic carbocycles. The van der Waals surface area contributed by atoms with E-state index in [-0.39, 0.29) is 46.4 Å². The number of carbonyl (C=O) groups is 3. The first-order chi connectivity index (χ1) is 18.2. The Balaban J connectivity index is 1.35. The molecular weight excluding hydrogens is 560 g/mol. The maximum Gasteiger partial charge on any atom is 0.405 e. The fourth-order valence-corrected chi connectivity index (χ4v) is 5.37. The number of rotatable bonds is 7. The molecule has 2 saturated heterocycles. The lowest BCUT2D eigenvalue weighted by molar-refractivity contribution is -0.135. The van der Waals surface area contributed by atoms with Gasteiger partial charge in [0.25, 0.3) is 17.7 Å². The molecule has 39 heavy (non-hydrogen) atoms. The van der Waals surface area contributed by atoms with Gasteiger partial charge in [-0.3, -0.25) is 14.4 Å². The van der Waals surface area contributed by atoms with Crippen LogP contribution < -0.4 is 15.4 Å². The third-order valence-electron chi connectivity index (χ3n) is 6.82. The van der Waals surface area contributed by atoms with Crippen molar-refractivity contribution in [3.05, 3.63) is 57.7 Å². The summed E-state index contributed by atoms with van der Waals surface area (Å²) in [6.45, 7) is 1.78. The first-order valence-corrected chi connectivity index (χ1v) is 13.1. The molecule has 13 heteroatoms. The fourth-order valence-electron chi connectivity index (χ4n) is 4.95. The molecular formula is C26H27Cl2F3N4O4. The summed E-state index contributed by atoms with van der Waals surface area (Å²) in [6.07, 6.45) is -0.460. The van der Waals surface area contributed by atoms with Crippen molar-refractivity contribution in [2.75, 3.05) is 6.54 Å². The molecule has 3 heterocycles. The maximum atomic E-state index is 13.3. The summed E-state index contributed by atoms with van der Waals surface area (Å²) < 4.78 is 42.8. The minimum Gasteiger partial charge on any atom is -0.460 e. The number of hydrogen-bond donors (Lipinski definition) is 2. The van der Waals surface area contributed by atoms with Gasteiger partial charge in [-0.15, -0.1) is 0 Å². The van der Waals surface area contributed by atoms with Crippen molar-refractivity contribution in [2.24, 2.45) is 0 Å². The molecule has 0 aliphatic carbocycles. The molecule has 4 rings (SSSR count). The minimum absolute atomic E-state index is 0.0279. The van der Waals surface area contributed by atoms with Crippen LogP contribution in [0.1, 0.15) is 60.2 Å². The number of carbonyl (C=O) groups excluding carboxylic acids is 3. The highest BCUT2D eigenvalue weighted by atomic mass is 35.5. The molecule has 2 N–H and O–H groups in total. The average molecular weight is 587 g/mol. The van der Waals surface area contributed by atoms with Crippen LogP contribution in [0, 0.1) is 0 Å². The molecule has 2 fully saturated rings. The number of nitrogens with one attached hydrogen (secondary N) is 2. The fraction of sp³-hybridized carbons (Fsp3) is 0.462. The van der Waals surface area contributed by atoms with Crippen LogP contribution in [0.25, 0.3) is 0 Å². The highest BCUT2D eigenvalue weighted by Crippen LogP contribution is 2.37. The number of fused-ring (bicyclic) bond motifs is 2. The summed E-state index contributed by atoms with van der Waals surface area (Å²) in [4.78, 5) is 44.1. The van der Waals surface area contributed by atoms with E-state index in [9.17, 15) is 27.6 Å². The lowest BCUT2D eigenvalue weighted by Gasteiger charge is -2.40. The molecule has 0 spiro atoms. The topological polar surface area (TPSA) is 101 Å². The van der Waals surface area contributed by atoms with Crippen molar-refractivity contribution in [3.63, 3.8) is 0 Å². The van der Waals surface area contributed by atoms with Gasteiger partial charge < -0.3 is 20.3 Å². The number of pyridine rings is 1. The van der Waals surface area contributed by atoms with E-state index < -0.39 is 24.2 Å². The number of benzene rings is 1. The summed E-state index contributed by atoms with van der Waals surface area (Å²) in [5.41, 5.74) is -0.909. The van der Waals surface area contributed by atoms with Gasteiger partial charge in [0.2, 0.25) is 5.88 Å². The van der Waals surface area contributed by atoms with E-state index in [2.05, 4.69) is 10.3 Å². The van der Waals surface area contributed by atoms with Crippen LogP contribution in [-0.4, -0.2) is 64.1 Å². The van der Waals surface area contributed by atoms with Crippen molar-refractivity contribution in [1.82, 2.24) is 20.5 Å². The number of piperidine rings is 1. The molecule has 2 bridgehead atoms. The van der Waals surface area contributed by atoms with Crippen LogP contribution in [0.2, 0.25) is 10.0 Å². The highest BCUT2D eigenvalue weighted by molar-refractivity contribution is 6.35. The maximum absolute atomic E-state index is 13.3. The Morgan fingerprint density at radius 2 is 1.64 bits per heavy atom. The van der Waals surface area contributed by atoms with Gasteiger partial charge in [-0.25, -0.2) is 4.98 Å². The van der Waals surface area contributed by atoms with E-state index in [1.807, 2.05) is 0 Å². The van der Waals surface area contributed by atoms with Gasteiger partial charge in [0.1, 0.15) is 11.6 Å². The normalized spacial score (nSPS) is 20.9. The van der Waals surface area contributed by atoms with Crippen LogP contribution in [-0.2, 0) is 4.79 Å². The number of aromatic nitrogens is 1. The second kappa shape index (κ2) is 11.2. The van der Waals surface area contributed by atoms with Crippen molar-refractivity contribution < 1.29 is 32.3 Å².